The van der Waals surface area contributed by atoms with E-state index in [1.54, 1.807) is 0 Å². The molecule has 5 heteroatoms. The molecule has 1 aromatic rings. The molecule has 21 heavy (non-hydrogen) atoms. The van der Waals surface area contributed by atoms with E-state index < -0.39 is 0 Å². The second kappa shape index (κ2) is 6.77. The van der Waals surface area contributed by atoms with E-state index in [-0.39, 0.29) is 5.91 Å². The molecule has 1 aliphatic heterocycles. The first kappa shape index (κ1) is 14.8. The number of carbonyl (C=O) groups is 1. The smallest absolute Gasteiger partial charge is 0.234 e. The quantitative estimate of drug-likeness (QED) is 0.900. The Balaban J connectivity index is 1.41. The maximum atomic E-state index is 11.8. The van der Waals surface area contributed by atoms with Crippen molar-refractivity contribution in [1.82, 2.24) is 15.1 Å². The first-order chi connectivity index (χ1) is 10.2. The zero-order chi connectivity index (χ0) is 14.7. The maximum absolute atomic E-state index is 11.8. The van der Waals surface area contributed by atoms with E-state index in [2.05, 4.69) is 21.2 Å². The first-order valence-corrected chi connectivity index (χ1v) is 8.05. The topological polar surface area (TPSA) is 35.6 Å². The second-order valence-electron chi connectivity index (χ2n) is 6.02. The largest absolute Gasteiger partial charge is 0.352 e. The molecule has 0 aromatic heterocycles. The minimum atomic E-state index is 0.181. The highest BCUT2D eigenvalue weighted by Gasteiger charge is 2.25. The van der Waals surface area contributed by atoms with Gasteiger partial charge in [-0.15, -0.1) is 0 Å². The van der Waals surface area contributed by atoms with Crippen LogP contribution in [-0.4, -0.2) is 54.5 Å². The zero-order valence-electron chi connectivity index (χ0n) is 12.2. The molecule has 0 unspecified atom stereocenters. The second-order valence-corrected chi connectivity index (χ2v) is 6.46. The Hall–Kier alpha value is -1.10. The van der Waals surface area contributed by atoms with Crippen molar-refractivity contribution in [3.63, 3.8) is 0 Å². The number of carbonyl (C=O) groups excluding carboxylic acids is 1. The Morgan fingerprint density at radius 2 is 1.90 bits per heavy atom. The lowest BCUT2D eigenvalue weighted by Crippen LogP contribution is -2.49. The van der Waals surface area contributed by atoms with Crippen LogP contribution in [0.3, 0.4) is 0 Å². The third kappa shape index (κ3) is 4.70. The van der Waals surface area contributed by atoms with Crippen LogP contribution in [0.2, 0.25) is 5.02 Å². The predicted molar refractivity (Wildman–Crippen MR) is 84.3 cm³/mol. The normalized spacial score (nSPS) is 20.4. The van der Waals surface area contributed by atoms with E-state index >= 15 is 0 Å². The Kier molecular flexibility index (Phi) is 4.78. The van der Waals surface area contributed by atoms with Crippen molar-refractivity contribution in [3.05, 3.63) is 34.9 Å². The average Bonchev–Trinajstić information content (AvgIpc) is 3.25. The highest BCUT2D eigenvalue weighted by molar-refractivity contribution is 6.30. The van der Waals surface area contributed by atoms with E-state index in [0.29, 0.717) is 12.6 Å². The molecule has 3 rings (SSSR count). The van der Waals surface area contributed by atoms with E-state index in [1.807, 2.05) is 18.2 Å². The molecular formula is C16H22ClN3O. The summed E-state index contributed by atoms with van der Waals surface area (Å²) in [6.45, 7) is 5.40. The molecule has 0 spiro atoms. The molecule has 2 fully saturated rings. The SMILES string of the molecule is O=C(CN1CCN(Cc2cccc(Cl)c2)CC1)NC1CC1. The molecule has 0 radical (unpaired) electrons. The van der Waals surface area contributed by atoms with Gasteiger partial charge in [0.15, 0.2) is 0 Å². The van der Waals surface area contributed by atoms with E-state index in [4.69, 9.17) is 11.6 Å². The van der Waals surface area contributed by atoms with Gasteiger partial charge in [0.1, 0.15) is 0 Å². The van der Waals surface area contributed by atoms with Crippen LogP contribution in [0.25, 0.3) is 0 Å². The van der Waals surface area contributed by atoms with Crippen molar-refractivity contribution < 1.29 is 4.79 Å². The number of nitrogens with zero attached hydrogens (tertiary/aromatic N) is 2. The third-order valence-corrected chi connectivity index (χ3v) is 4.30. The molecule has 1 aromatic carbocycles. The highest BCUT2D eigenvalue weighted by atomic mass is 35.5. The van der Waals surface area contributed by atoms with Gasteiger partial charge in [-0.25, -0.2) is 0 Å². The summed E-state index contributed by atoms with van der Waals surface area (Å²) in [6.07, 6.45) is 2.30. The molecule has 0 bridgehead atoms. The van der Waals surface area contributed by atoms with Crippen molar-refractivity contribution >= 4 is 17.5 Å². The molecule has 4 nitrogen and oxygen atoms in total. The van der Waals surface area contributed by atoms with Gasteiger partial charge in [-0.2, -0.15) is 0 Å². The fraction of sp³-hybridized carbons (Fsp3) is 0.562. The van der Waals surface area contributed by atoms with Crippen molar-refractivity contribution in [2.75, 3.05) is 32.7 Å². The summed E-state index contributed by atoms with van der Waals surface area (Å²) in [7, 11) is 0. The fourth-order valence-electron chi connectivity index (χ4n) is 2.70. The van der Waals surface area contributed by atoms with Gasteiger partial charge in [0, 0.05) is 43.8 Å². The lowest BCUT2D eigenvalue weighted by Gasteiger charge is -2.34. The van der Waals surface area contributed by atoms with Crippen LogP contribution in [0.1, 0.15) is 18.4 Å². The highest BCUT2D eigenvalue weighted by Crippen LogP contribution is 2.18. The minimum Gasteiger partial charge on any atom is -0.352 e. The van der Waals surface area contributed by atoms with Crippen LogP contribution in [0.5, 0.6) is 0 Å². The van der Waals surface area contributed by atoms with Crippen molar-refractivity contribution in [2.24, 2.45) is 0 Å². The molecule has 1 amide bonds. The standard InChI is InChI=1S/C16H22ClN3O/c17-14-3-1-2-13(10-14)11-19-6-8-20(9-7-19)12-16(21)18-15-4-5-15/h1-3,10,15H,4-9,11-12H2,(H,18,21). The van der Waals surface area contributed by atoms with Crippen LogP contribution >= 0.6 is 11.6 Å². The summed E-state index contributed by atoms with van der Waals surface area (Å²) in [4.78, 5) is 16.5. The minimum absolute atomic E-state index is 0.181. The number of piperazine rings is 1. The lowest BCUT2D eigenvalue weighted by atomic mass is 10.2. The summed E-state index contributed by atoms with van der Waals surface area (Å²) in [5.41, 5.74) is 1.25. The summed E-state index contributed by atoms with van der Waals surface area (Å²) >= 11 is 6.02. The van der Waals surface area contributed by atoms with Gasteiger partial charge in [0.25, 0.3) is 0 Å². The Labute approximate surface area is 131 Å². The predicted octanol–water partition coefficient (Wildman–Crippen LogP) is 1.74. The maximum Gasteiger partial charge on any atom is 0.234 e. The fourth-order valence-corrected chi connectivity index (χ4v) is 2.92. The first-order valence-electron chi connectivity index (χ1n) is 7.67. The summed E-state index contributed by atoms with van der Waals surface area (Å²) in [5, 5.41) is 3.84. The van der Waals surface area contributed by atoms with Crippen molar-refractivity contribution in [3.8, 4) is 0 Å². The van der Waals surface area contributed by atoms with Gasteiger partial charge in [-0.1, -0.05) is 23.7 Å². The number of hydrogen-bond acceptors (Lipinski definition) is 3. The van der Waals surface area contributed by atoms with E-state index in [9.17, 15) is 4.79 Å². The van der Waals surface area contributed by atoms with Crippen molar-refractivity contribution in [1.29, 1.82) is 0 Å². The van der Waals surface area contributed by atoms with Gasteiger partial charge >= 0.3 is 0 Å². The molecule has 1 heterocycles. The van der Waals surface area contributed by atoms with Crippen LogP contribution in [0.15, 0.2) is 24.3 Å². The molecule has 1 aliphatic carbocycles. The van der Waals surface area contributed by atoms with Crippen LogP contribution < -0.4 is 5.32 Å². The third-order valence-electron chi connectivity index (χ3n) is 4.07. The molecule has 1 N–H and O–H groups in total. The Bertz CT molecular complexity index is 496. The van der Waals surface area contributed by atoms with Gasteiger partial charge in [0.05, 0.1) is 6.54 Å². The Morgan fingerprint density at radius 1 is 1.19 bits per heavy atom. The number of nitrogens with one attached hydrogen (secondary N) is 1. The molecular weight excluding hydrogens is 286 g/mol. The van der Waals surface area contributed by atoms with Gasteiger partial charge in [0.2, 0.25) is 5.91 Å². The monoisotopic (exact) mass is 307 g/mol. The van der Waals surface area contributed by atoms with Crippen molar-refractivity contribution in [2.45, 2.75) is 25.4 Å². The van der Waals surface area contributed by atoms with Gasteiger partial charge in [-0.05, 0) is 30.5 Å². The number of hydrogen-bond donors (Lipinski definition) is 1. The molecule has 1 saturated heterocycles. The number of benzene rings is 1. The van der Waals surface area contributed by atoms with Gasteiger partial charge < -0.3 is 5.32 Å². The molecule has 0 atom stereocenters. The average molecular weight is 308 g/mol. The number of halogens is 1. The Morgan fingerprint density at radius 3 is 2.57 bits per heavy atom. The lowest BCUT2D eigenvalue weighted by molar-refractivity contribution is -0.122. The van der Waals surface area contributed by atoms with Crippen LogP contribution in [-0.2, 0) is 11.3 Å². The summed E-state index contributed by atoms with van der Waals surface area (Å²) < 4.78 is 0. The van der Waals surface area contributed by atoms with E-state index in [0.717, 1.165) is 50.6 Å². The summed E-state index contributed by atoms with van der Waals surface area (Å²) in [6, 6.07) is 8.50. The van der Waals surface area contributed by atoms with E-state index in [1.165, 1.54) is 5.56 Å². The number of rotatable bonds is 5. The number of amides is 1. The zero-order valence-corrected chi connectivity index (χ0v) is 13.0. The molecule has 114 valence electrons. The summed E-state index contributed by atoms with van der Waals surface area (Å²) in [5.74, 6) is 0.181. The molecule has 1 saturated carbocycles. The van der Waals surface area contributed by atoms with Gasteiger partial charge in [-0.3, -0.25) is 14.6 Å². The molecule has 2 aliphatic rings. The van der Waals surface area contributed by atoms with Crippen LogP contribution in [0.4, 0.5) is 0 Å². The van der Waals surface area contributed by atoms with Crippen LogP contribution in [0, 0.1) is 0 Å².